The van der Waals surface area contributed by atoms with Gasteiger partial charge in [-0.3, -0.25) is 0 Å². The van der Waals surface area contributed by atoms with Gasteiger partial charge in [-0.15, -0.1) is 0 Å². The third-order valence-electron chi connectivity index (χ3n) is 5.33. The number of imidazole rings is 1. The van der Waals surface area contributed by atoms with Crippen molar-refractivity contribution >= 4 is 33.1 Å². The van der Waals surface area contributed by atoms with Crippen molar-refractivity contribution in [2.45, 2.75) is 20.3 Å². The molecule has 0 unspecified atom stereocenters. The molecule has 2 heterocycles. The molecule has 0 amide bonds. The molecule has 0 fully saturated rings. The molecule has 31 heavy (non-hydrogen) atoms. The topological polar surface area (TPSA) is 72.9 Å². The maximum atomic E-state index is 5.91. The molecular formula is C25H24N4O2. The van der Waals surface area contributed by atoms with Crippen molar-refractivity contribution in [3.8, 4) is 22.9 Å². The molecule has 0 atom stereocenters. The summed E-state index contributed by atoms with van der Waals surface area (Å²) in [4.78, 5) is 17.7. The molecule has 0 aliphatic carbocycles. The minimum Gasteiger partial charge on any atom is -0.493 e. The summed E-state index contributed by atoms with van der Waals surface area (Å²) in [5, 5.41) is 0. The van der Waals surface area contributed by atoms with Crippen LogP contribution in [0.1, 0.15) is 20.3 Å². The monoisotopic (exact) mass is 412 g/mol. The lowest BCUT2D eigenvalue weighted by Gasteiger charge is -2.12. The molecule has 1 N–H and O–H groups in total. The van der Waals surface area contributed by atoms with Crippen molar-refractivity contribution in [2.24, 2.45) is 5.92 Å². The van der Waals surface area contributed by atoms with Crippen molar-refractivity contribution in [3.05, 3.63) is 54.6 Å². The molecule has 0 bridgehead atoms. The Kier molecular flexibility index (Phi) is 4.90. The zero-order valence-electron chi connectivity index (χ0n) is 17.8. The van der Waals surface area contributed by atoms with Gasteiger partial charge in [0, 0.05) is 5.56 Å². The van der Waals surface area contributed by atoms with Gasteiger partial charge in [-0.05, 0) is 54.8 Å². The number of aromatic nitrogens is 4. The van der Waals surface area contributed by atoms with Crippen LogP contribution in [0.2, 0.25) is 0 Å². The zero-order chi connectivity index (χ0) is 21.4. The van der Waals surface area contributed by atoms with Crippen LogP contribution in [0, 0.1) is 5.92 Å². The number of para-hydroxylation sites is 2. The Morgan fingerprint density at radius 3 is 2.26 bits per heavy atom. The standard InChI is InChI=1S/C25H24N4O2/c1-15(2)10-11-31-23-9-8-16(12-24(23)30-3)25-28-21-13-19-20(14-22(21)29-25)27-18-7-5-4-6-17(18)26-19/h4-9,12-15H,10-11H2,1-3H3,(H,28,29). The third kappa shape index (κ3) is 3.77. The van der Waals surface area contributed by atoms with E-state index in [1.807, 2.05) is 54.6 Å². The molecule has 5 aromatic rings. The van der Waals surface area contributed by atoms with Crippen molar-refractivity contribution < 1.29 is 9.47 Å². The summed E-state index contributed by atoms with van der Waals surface area (Å²) in [6, 6.07) is 17.7. The number of ether oxygens (including phenoxy) is 2. The Balaban J connectivity index is 1.52. The predicted molar refractivity (Wildman–Crippen MR) is 124 cm³/mol. The molecule has 2 aromatic heterocycles. The van der Waals surface area contributed by atoms with E-state index in [0.29, 0.717) is 18.3 Å². The van der Waals surface area contributed by atoms with E-state index in [-0.39, 0.29) is 0 Å². The van der Waals surface area contributed by atoms with Crippen LogP contribution in [0.5, 0.6) is 11.5 Å². The Morgan fingerprint density at radius 1 is 0.806 bits per heavy atom. The first-order valence-electron chi connectivity index (χ1n) is 10.5. The fraction of sp³-hybridized carbons (Fsp3) is 0.240. The van der Waals surface area contributed by atoms with Gasteiger partial charge in [-0.25, -0.2) is 15.0 Å². The van der Waals surface area contributed by atoms with Gasteiger partial charge in [0.2, 0.25) is 0 Å². The van der Waals surface area contributed by atoms with Gasteiger partial charge in [0.05, 0.1) is 46.8 Å². The first-order valence-corrected chi connectivity index (χ1v) is 10.5. The number of aromatic amines is 1. The summed E-state index contributed by atoms with van der Waals surface area (Å²) in [7, 11) is 1.65. The van der Waals surface area contributed by atoms with E-state index >= 15 is 0 Å². The van der Waals surface area contributed by atoms with Gasteiger partial charge in [0.15, 0.2) is 11.5 Å². The summed E-state index contributed by atoms with van der Waals surface area (Å²) < 4.78 is 11.5. The molecule has 0 spiro atoms. The molecule has 0 radical (unpaired) electrons. The Morgan fingerprint density at radius 2 is 1.55 bits per heavy atom. The summed E-state index contributed by atoms with van der Waals surface area (Å²) in [5.41, 5.74) is 6.13. The highest BCUT2D eigenvalue weighted by Crippen LogP contribution is 2.33. The molecule has 0 aliphatic rings. The third-order valence-corrected chi connectivity index (χ3v) is 5.33. The SMILES string of the molecule is COc1cc(-c2nc3cc4nc5ccccc5nc4cc3[nH]2)ccc1OCCC(C)C. The number of nitrogens with zero attached hydrogens (tertiary/aromatic N) is 3. The number of fused-ring (bicyclic) bond motifs is 3. The first-order chi connectivity index (χ1) is 15.1. The first kappa shape index (κ1) is 19.3. The highest BCUT2D eigenvalue weighted by molar-refractivity contribution is 5.95. The number of methoxy groups -OCH3 is 1. The molecule has 3 aromatic carbocycles. The molecule has 0 aliphatic heterocycles. The highest BCUT2D eigenvalue weighted by atomic mass is 16.5. The average Bonchev–Trinajstić information content (AvgIpc) is 3.18. The van der Waals surface area contributed by atoms with Crippen LogP contribution in [0.25, 0.3) is 44.5 Å². The lowest BCUT2D eigenvalue weighted by molar-refractivity contribution is 0.273. The fourth-order valence-corrected chi connectivity index (χ4v) is 3.60. The average molecular weight is 412 g/mol. The molecule has 156 valence electrons. The zero-order valence-corrected chi connectivity index (χ0v) is 17.8. The molecule has 0 saturated heterocycles. The van der Waals surface area contributed by atoms with Crippen LogP contribution >= 0.6 is 0 Å². The number of rotatable bonds is 6. The van der Waals surface area contributed by atoms with Gasteiger partial charge in [0.1, 0.15) is 5.82 Å². The van der Waals surface area contributed by atoms with Crippen molar-refractivity contribution in [1.29, 1.82) is 0 Å². The number of H-pyrrole nitrogens is 1. The normalized spacial score (nSPS) is 11.6. The van der Waals surface area contributed by atoms with Crippen LogP contribution in [-0.2, 0) is 0 Å². The van der Waals surface area contributed by atoms with Crippen molar-refractivity contribution in [1.82, 2.24) is 19.9 Å². The Hall–Kier alpha value is -3.67. The summed E-state index contributed by atoms with van der Waals surface area (Å²) in [6.07, 6.45) is 0.999. The van der Waals surface area contributed by atoms with Crippen molar-refractivity contribution in [3.63, 3.8) is 0 Å². The number of hydrogen-bond acceptors (Lipinski definition) is 5. The van der Waals surface area contributed by atoms with Crippen LogP contribution in [0.3, 0.4) is 0 Å². The minimum absolute atomic E-state index is 0.595. The minimum atomic E-state index is 0.595. The van der Waals surface area contributed by atoms with E-state index < -0.39 is 0 Å². The number of nitrogens with one attached hydrogen (secondary N) is 1. The van der Waals surface area contributed by atoms with Crippen molar-refractivity contribution in [2.75, 3.05) is 13.7 Å². The summed E-state index contributed by atoms with van der Waals surface area (Å²) in [6.45, 7) is 5.03. The number of benzene rings is 3. The highest BCUT2D eigenvalue weighted by Gasteiger charge is 2.12. The quantitative estimate of drug-likeness (QED) is 0.359. The van der Waals surface area contributed by atoms with E-state index in [9.17, 15) is 0 Å². The number of hydrogen-bond donors (Lipinski definition) is 1. The largest absolute Gasteiger partial charge is 0.493 e. The Bertz CT molecular complexity index is 1320. The van der Waals surface area contributed by atoms with Crippen LogP contribution in [-0.4, -0.2) is 33.7 Å². The van der Waals surface area contributed by atoms with E-state index in [2.05, 4.69) is 18.8 Å². The van der Waals surface area contributed by atoms with Crippen LogP contribution < -0.4 is 9.47 Å². The smallest absolute Gasteiger partial charge is 0.161 e. The fourth-order valence-electron chi connectivity index (χ4n) is 3.60. The second-order valence-corrected chi connectivity index (χ2v) is 8.05. The van der Waals surface area contributed by atoms with E-state index in [4.69, 9.17) is 24.4 Å². The van der Waals surface area contributed by atoms with Gasteiger partial charge < -0.3 is 14.5 Å². The molecular weight excluding hydrogens is 388 g/mol. The van der Waals surface area contributed by atoms with E-state index in [1.165, 1.54) is 0 Å². The summed E-state index contributed by atoms with van der Waals surface area (Å²) >= 11 is 0. The lowest BCUT2D eigenvalue weighted by atomic mass is 10.1. The second kappa shape index (κ2) is 7.87. The Labute approximate surface area is 180 Å². The molecule has 6 nitrogen and oxygen atoms in total. The van der Waals surface area contributed by atoms with Gasteiger partial charge >= 0.3 is 0 Å². The maximum absolute atomic E-state index is 5.91. The van der Waals surface area contributed by atoms with Crippen LogP contribution in [0.4, 0.5) is 0 Å². The summed E-state index contributed by atoms with van der Waals surface area (Å²) in [5.74, 6) is 2.80. The van der Waals surface area contributed by atoms with E-state index in [0.717, 1.165) is 56.7 Å². The van der Waals surface area contributed by atoms with E-state index in [1.54, 1.807) is 7.11 Å². The lowest BCUT2D eigenvalue weighted by Crippen LogP contribution is -2.02. The van der Waals surface area contributed by atoms with Gasteiger partial charge in [0.25, 0.3) is 0 Å². The van der Waals surface area contributed by atoms with Gasteiger partial charge in [-0.1, -0.05) is 26.0 Å². The molecule has 6 heteroatoms. The maximum Gasteiger partial charge on any atom is 0.161 e. The second-order valence-electron chi connectivity index (χ2n) is 8.05. The molecule has 5 rings (SSSR count). The van der Waals surface area contributed by atoms with Gasteiger partial charge in [-0.2, -0.15) is 0 Å². The van der Waals surface area contributed by atoms with Crippen LogP contribution in [0.15, 0.2) is 54.6 Å². The predicted octanol–water partition coefficient (Wildman–Crippen LogP) is 5.76. The molecule has 0 saturated carbocycles.